The number of rotatable bonds is 8. The fourth-order valence-corrected chi connectivity index (χ4v) is 3.58. The number of aryl methyl sites for hydroxylation is 2. The summed E-state index contributed by atoms with van der Waals surface area (Å²) in [6.07, 6.45) is 3.46. The van der Waals surface area contributed by atoms with Crippen molar-refractivity contribution in [1.29, 1.82) is 0 Å². The Morgan fingerprint density at radius 1 is 1.19 bits per heavy atom. The first-order valence-corrected chi connectivity index (χ1v) is 9.55. The SMILES string of the molecule is CCc1cccc2c([C@@H](CC(=O)NCCOC)c3ccc(C)cc3)c[nH]c12. The van der Waals surface area contributed by atoms with Crippen LogP contribution in [0.3, 0.4) is 0 Å². The molecule has 0 saturated carbocycles. The topological polar surface area (TPSA) is 54.1 Å². The van der Waals surface area contributed by atoms with Gasteiger partial charge in [0.05, 0.1) is 6.61 Å². The minimum Gasteiger partial charge on any atom is -0.383 e. The van der Waals surface area contributed by atoms with E-state index < -0.39 is 0 Å². The largest absolute Gasteiger partial charge is 0.383 e. The Hall–Kier alpha value is -2.59. The molecule has 0 aliphatic rings. The van der Waals surface area contributed by atoms with Crippen LogP contribution in [0.25, 0.3) is 10.9 Å². The number of nitrogens with one attached hydrogen (secondary N) is 2. The number of hydrogen-bond acceptors (Lipinski definition) is 2. The molecular weight excluding hydrogens is 336 g/mol. The van der Waals surface area contributed by atoms with E-state index >= 15 is 0 Å². The van der Waals surface area contributed by atoms with Crippen LogP contribution < -0.4 is 5.32 Å². The number of aromatic amines is 1. The molecule has 0 radical (unpaired) electrons. The summed E-state index contributed by atoms with van der Waals surface area (Å²) in [5, 5.41) is 4.15. The Labute approximate surface area is 160 Å². The third-order valence-corrected chi connectivity index (χ3v) is 5.09. The number of amides is 1. The maximum atomic E-state index is 12.5. The van der Waals surface area contributed by atoms with Crippen molar-refractivity contribution >= 4 is 16.8 Å². The first-order valence-electron chi connectivity index (χ1n) is 9.55. The van der Waals surface area contributed by atoms with Crippen LogP contribution in [-0.4, -0.2) is 31.2 Å². The van der Waals surface area contributed by atoms with Gasteiger partial charge in [-0.1, -0.05) is 55.0 Å². The van der Waals surface area contributed by atoms with Crippen LogP contribution in [0.5, 0.6) is 0 Å². The van der Waals surface area contributed by atoms with Crippen molar-refractivity contribution in [2.75, 3.05) is 20.3 Å². The standard InChI is InChI=1S/C23H28N2O2/c1-4-17-6-5-7-19-21(15-25-23(17)19)20(14-22(26)24-12-13-27-3)18-10-8-16(2)9-11-18/h5-11,15,20,25H,4,12-14H2,1-3H3,(H,24,26)/t20-/m0/s1. The Morgan fingerprint density at radius 3 is 2.67 bits per heavy atom. The zero-order valence-electron chi connectivity index (χ0n) is 16.3. The Morgan fingerprint density at radius 2 is 1.96 bits per heavy atom. The summed E-state index contributed by atoms with van der Waals surface area (Å²) in [6, 6.07) is 14.9. The number of H-pyrrole nitrogens is 1. The number of hydrogen-bond donors (Lipinski definition) is 2. The molecule has 0 unspecified atom stereocenters. The van der Waals surface area contributed by atoms with E-state index in [4.69, 9.17) is 4.74 Å². The van der Waals surface area contributed by atoms with Gasteiger partial charge in [0.1, 0.15) is 0 Å². The number of carbonyl (C=O) groups excluding carboxylic acids is 1. The van der Waals surface area contributed by atoms with Gasteiger partial charge in [0.15, 0.2) is 0 Å². The van der Waals surface area contributed by atoms with Gasteiger partial charge < -0.3 is 15.0 Å². The van der Waals surface area contributed by atoms with Gasteiger partial charge in [-0.15, -0.1) is 0 Å². The van der Waals surface area contributed by atoms with Gasteiger partial charge in [-0.2, -0.15) is 0 Å². The third-order valence-electron chi connectivity index (χ3n) is 5.09. The molecule has 1 amide bonds. The lowest BCUT2D eigenvalue weighted by atomic mass is 9.87. The van der Waals surface area contributed by atoms with Gasteiger partial charge in [0.25, 0.3) is 0 Å². The highest BCUT2D eigenvalue weighted by molar-refractivity contribution is 5.88. The molecule has 0 spiro atoms. The van der Waals surface area contributed by atoms with Gasteiger partial charge in [-0.3, -0.25) is 4.79 Å². The molecule has 0 saturated heterocycles. The Balaban J connectivity index is 1.97. The zero-order chi connectivity index (χ0) is 19.2. The second-order valence-corrected chi connectivity index (χ2v) is 6.95. The van der Waals surface area contributed by atoms with E-state index in [0.29, 0.717) is 19.6 Å². The van der Waals surface area contributed by atoms with E-state index in [9.17, 15) is 4.79 Å². The Kier molecular flexibility index (Phi) is 6.30. The third kappa shape index (κ3) is 4.40. The van der Waals surface area contributed by atoms with Gasteiger partial charge in [0, 0.05) is 43.1 Å². The molecule has 1 atom stereocenters. The molecule has 3 aromatic rings. The molecule has 2 N–H and O–H groups in total. The van der Waals surface area contributed by atoms with E-state index in [1.165, 1.54) is 27.6 Å². The maximum absolute atomic E-state index is 12.5. The van der Waals surface area contributed by atoms with Crippen LogP contribution in [0.4, 0.5) is 0 Å². The fraction of sp³-hybridized carbons (Fsp3) is 0.348. The van der Waals surface area contributed by atoms with Crippen molar-refractivity contribution < 1.29 is 9.53 Å². The molecule has 4 nitrogen and oxygen atoms in total. The minimum absolute atomic E-state index is 0.00833. The Bertz CT molecular complexity index is 896. The van der Waals surface area contributed by atoms with Crippen molar-refractivity contribution in [2.45, 2.75) is 32.6 Å². The van der Waals surface area contributed by atoms with Crippen LogP contribution in [-0.2, 0) is 16.0 Å². The van der Waals surface area contributed by atoms with Crippen LogP contribution in [0, 0.1) is 6.92 Å². The van der Waals surface area contributed by atoms with E-state index in [1.54, 1.807) is 7.11 Å². The molecule has 27 heavy (non-hydrogen) atoms. The van der Waals surface area contributed by atoms with Crippen molar-refractivity contribution in [1.82, 2.24) is 10.3 Å². The number of methoxy groups -OCH3 is 1. The molecule has 142 valence electrons. The van der Waals surface area contributed by atoms with Crippen molar-refractivity contribution in [3.8, 4) is 0 Å². The molecule has 2 aromatic carbocycles. The highest BCUT2D eigenvalue weighted by Crippen LogP contribution is 2.34. The van der Waals surface area contributed by atoms with Crippen molar-refractivity contribution in [2.24, 2.45) is 0 Å². The number of aromatic nitrogens is 1. The van der Waals surface area contributed by atoms with E-state index in [1.807, 2.05) is 0 Å². The zero-order valence-corrected chi connectivity index (χ0v) is 16.3. The quantitative estimate of drug-likeness (QED) is 0.585. The predicted molar refractivity (Wildman–Crippen MR) is 110 cm³/mol. The van der Waals surface area contributed by atoms with Crippen LogP contribution in [0.15, 0.2) is 48.7 Å². The first kappa shape index (κ1) is 19.2. The van der Waals surface area contributed by atoms with Crippen molar-refractivity contribution in [3.05, 3.63) is 70.9 Å². The molecule has 3 rings (SSSR count). The summed E-state index contributed by atoms with van der Waals surface area (Å²) in [5.41, 5.74) is 6.02. The monoisotopic (exact) mass is 364 g/mol. The van der Waals surface area contributed by atoms with Crippen LogP contribution >= 0.6 is 0 Å². The molecule has 0 aliphatic carbocycles. The lowest BCUT2D eigenvalue weighted by Gasteiger charge is -2.18. The molecule has 1 aromatic heterocycles. The van der Waals surface area contributed by atoms with Gasteiger partial charge in [-0.25, -0.2) is 0 Å². The minimum atomic E-state index is 0.00833. The summed E-state index contributed by atoms with van der Waals surface area (Å²) in [6.45, 7) is 5.29. The molecular formula is C23H28N2O2. The number of fused-ring (bicyclic) bond motifs is 1. The number of benzene rings is 2. The van der Waals surface area contributed by atoms with Gasteiger partial charge in [0.2, 0.25) is 5.91 Å². The average Bonchev–Trinajstić information content (AvgIpc) is 3.11. The summed E-state index contributed by atoms with van der Waals surface area (Å²) in [5.74, 6) is 0.0487. The van der Waals surface area contributed by atoms with E-state index in [2.05, 4.69) is 72.8 Å². The first-order chi connectivity index (χ1) is 13.1. The van der Waals surface area contributed by atoms with Crippen LogP contribution in [0.1, 0.15) is 41.5 Å². The molecule has 0 fully saturated rings. The fourth-order valence-electron chi connectivity index (χ4n) is 3.58. The number of para-hydroxylation sites is 1. The van der Waals surface area contributed by atoms with Gasteiger partial charge in [-0.05, 0) is 30.0 Å². The number of ether oxygens (including phenoxy) is 1. The molecule has 1 heterocycles. The van der Waals surface area contributed by atoms with E-state index in [0.717, 1.165) is 12.0 Å². The molecule has 0 bridgehead atoms. The number of carbonyl (C=O) groups is 1. The second kappa shape index (κ2) is 8.87. The lowest BCUT2D eigenvalue weighted by molar-refractivity contribution is -0.121. The van der Waals surface area contributed by atoms with E-state index in [-0.39, 0.29) is 11.8 Å². The predicted octanol–water partition coefficient (Wildman–Crippen LogP) is 4.32. The summed E-state index contributed by atoms with van der Waals surface area (Å²) >= 11 is 0. The van der Waals surface area contributed by atoms with Gasteiger partial charge >= 0.3 is 0 Å². The summed E-state index contributed by atoms with van der Waals surface area (Å²) < 4.78 is 5.03. The smallest absolute Gasteiger partial charge is 0.221 e. The maximum Gasteiger partial charge on any atom is 0.221 e. The summed E-state index contributed by atoms with van der Waals surface area (Å²) in [7, 11) is 1.64. The van der Waals surface area contributed by atoms with Crippen LogP contribution in [0.2, 0.25) is 0 Å². The van der Waals surface area contributed by atoms with Crippen molar-refractivity contribution in [3.63, 3.8) is 0 Å². The lowest BCUT2D eigenvalue weighted by Crippen LogP contribution is -2.28. The summed E-state index contributed by atoms with van der Waals surface area (Å²) in [4.78, 5) is 16.0. The average molecular weight is 364 g/mol. The highest BCUT2D eigenvalue weighted by atomic mass is 16.5. The normalized spacial score (nSPS) is 12.3. The second-order valence-electron chi connectivity index (χ2n) is 6.95. The highest BCUT2D eigenvalue weighted by Gasteiger charge is 2.22. The molecule has 4 heteroatoms. The molecule has 0 aliphatic heterocycles.